The third-order valence-corrected chi connectivity index (χ3v) is 27.2. The van der Waals surface area contributed by atoms with Crippen molar-refractivity contribution in [3.63, 3.8) is 0 Å². The van der Waals surface area contributed by atoms with Crippen LogP contribution in [0.2, 0.25) is 0 Å². The van der Waals surface area contributed by atoms with Gasteiger partial charge in [0.2, 0.25) is 13.4 Å². The van der Waals surface area contributed by atoms with Crippen LogP contribution in [-0.4, -0.2) is 13.4 Å². The van der Waals surface area contributed by atoms with Crippen molar-refractivity contribution in [2.75, 3.05) is 19.6 Å². The summed E-state index contributed by atoms with van der Waals surface area (Å²) < 4.78 is 14.0. The average Bonchev–Trinajstić information content (AvgIpc) is 0.703. The minimum atomic E-state index is -0.0879. The van der Waals surface area contributed by atoms with Crippen molar-refractivity contribution >= 4 is 185 Å². The van der Waals surface area contributed by atoms with E-state index in [-0.39, 0.29) is 13.4 Å². The Balaban J connectivity index is 0.741. The first-order valence-electron chi connectivity index (χ1n) is 32.8. The van der Waals surface area contributed by atoms with Crippen LogP contribution >= 0.6 is 70.6 Å². The van der Waals surface area contributed by atoms with Crippen LogP contribution < -0.4 is 61.9 Å². The fourth-order valence-corrected chi connectivity index (χ4v) is 23.1. The maximum absolute atomic E-state index is 7.27. The van der Waals surface area contributed by atoms with Gasteiger partial charge >= 0.3 is 0 Å². The second-order valence-electron chi connectivity index (χ2n) is 25.3. The fourth-order valence-electron chi connectivity index (χ4n) is 15.9. The summed E-state index contributed by atoms with van der Waals surface area (Å²) in [6.07, 6.45) is 0. The summed E-state index contributed by atoms with van der Waals surface area (Å²) in [5, 5.41) is 0. The Kier molecular flexibility index (Phi) is 12.5. The van der Waals surface area contributed by atoms with Crippen LogP contribution in [0.5, 0.6) is 23.0 Å². The van der Waals surface area contributed by atoms with Crippen molar-refractivity contribution in [3.05, 3.63) is 291 Å². The van der Waals surface area contributed by atoms with Crippen LogP contribution in [-0.2, 0) is 0 Å². The molecule has 0 fully saturated rings. The smallest absolute Gasteiger partial charge is 0.247 e. The molecule has 0 atom stereocenters. The molecule has 0 saturated heterocycles. The molecule has 0 saturated carbocycles. The standard InChI is InChI=1S/C84H48B2N4O2S6/c1-14-34-71-51(21-1)85-52-22-2-15-35-72(52)96-82-64(47-63(81(95-71)79(82)85)87-55-24-4-11-31-67(55)91-68-32-12-5-25-56(68)87)88-57-26-6-13-33-69(57)92-70-46-50(41-43-58(70)88)49-42-44-74-54(45-49)86-53-23-3-16-36-73(53)97-83-65(89-59-27-7-17-37-75(59)93-76-38-18-8-28-60(76)89)48-66(84(98-74)80(83)86)90-61-29-9-19-39-77(61)94-78-40-20-10-30-62(78)90/h1-48H. The Morgan fingerprint density at radius 2 is 0.490 bits per heavy atom. The molecule has 8 heterocycles. The molecule has 14 heteroatoms. The van der Waals surface area contributed by atoms with Crippen LogP contribution in [0.1, 0.15) is 0 Å². The van der Waals surface area contributed by atoms with E-state index in [9.17, 15) is 0 Å². The molecule has 14 aromatic carbocycles. The van der Waals surface area contributed by atoms with Gasteiger partial charge in [0.1, 0.15) is 0 Å². The van der Waals surface area contributed by atoms with Crippen molar-refractivity contribution in [1.82, 2.24) is 0 Å². The zero-order valence-corrected chi connectivity index (χ0v) is 56.8. The molecule has 14 aromatic rings. The van der Waals surface area contributed by atoms with Crippen molar-refractivity contribution in [1.29, 1.82) is 0 Å². The number of para-hydroxylation sites is 10. The first-order valence-corrected chi connectivity index (χ1v) is 37.7. The van der Waals surface area contributed by atoms with Crippen LogP contribution in [0, 0.1) is 0 Å². The molecule has 0 bridgehead atoms. The number of nitrogens with zero attached hydrogens (tertiary/aromatic N) is 4. The second kappa shape index (κ2) is 21.8. The minimum absolute atomic E-state index is 0.00835. The van der Waals surface area contributed by atoms with E-state index in [2.05, 4.69) is 311 Å². The molecule has 98 heavy (non-hydrogen) atoms. The lowest BCUT2D eigenvalue weighted by Gasteiger charge is -2.42. The van der Waals surface area contributed by atoms with Gasteiger partial charge in [0.05, 0.1) is 68.2 Å². The van der Waals surface area contributed by atoms with Gasteiger partial charge in [-0.3, -0.25) is 0 Å². The highest BCUT2D eigenvalue weighted by Crippen LogP contribution is 2.62. The molecular formula is C84H48B2N4O2S6. The first kappa shape index (κ1) is 56.2. The molecule has 22 rings (SSSR count). The van der Waals surface area contributed by atoms with E-state index < -0.39 is 0 Å². The summed E-state index contributed by atoms with van der Waals surface area (Å²) in [6.45, 7) is -0.0962. The van der Waals surface area contributed by atoms with Crippen molar-refractivity contribution < 1.29 is 9.47 Å². The van der Waals surface area contributed by atoms with Crippen molar-refractivity contribution in [2.45, 2.75) is 58.7 Å². The maximum atomic E-state index is 7.27. The second-order valence-corrected chi connectivity index (χ2v) is 31.7. The van der Waals surface area contributed by atoms with E-state index in [1.807, 2.05) is 70.6 Å². The van der Waals surface area contributed by atoms with Gasteiger partial charge in [-0.1, -0.05) is 250 Å². The van der Waals surface area contributed by atoms with Gasteiger partial charge in [0, 0.05) is 58.7 Å². The SMILES string of the molecule is c1ccc2c(c1)Oc1ccccc1N2c1cc(N2c3ccccc3Oc3cc(-c4ccc5c(c4)B4c6ccccc6Sc6c(N7c8ccccc8Sc8ccccc87)cc(N7c8ccccc8Sc8ccccc87)c(c64)S5)ccc32)c2c3c1Sc1ccccc1B3c1ccccc1S2. The minimum Gasteiger partial charge on any atom is -0.453 e. The summed E-state index contributed by atoms with van der Waals surface area (Å²) in [7, 11) is 0. The lowest BCUT2D eigenvalue weighted by Crippen LogP contribution is -2.58. The van der Waals surface area contributed by atoms with E-state index in [4.69, 9.17) is 9.47 Å². The summed E-state index contributed by atoms with van der Waals surface area (Å²) >= 11 is 11.3. The summed E-state index contributed by atoms with van der Waals surface area (Å²) in [6, 6.07) is 108. The number of hydrogen-bond donors (Lipinski definition) is 0. The first-order chi connectivity index (χ1) is 48.6. The van der Waals surface area contributed by atoms with E-state index in [1.54, 1.807) is 0 Å². The molecule has 6 nitrogen and oxygen atoms in total. The molecule has 458 valence electrons. The zero-order valence-electron chi connectivity index (χ0n) is 51.9. The Morgan fingerprint density at radius 1 is 0.204 bits per heavy atom. The van der Waals surface area contributed by atoms with Crippen molar-refractivity contribution in [2.24, 2.45) is 0 Å². The van der Waals surface area contributed by atoms with Gasteiger partial charge in [-0.05, 0) is 156 Å². The van der Waals surface area contributed by atoms with Crippen molar-refractivity contribution in [3.8, 4) is 34.1 Å². The summed E-state index contributed by atoms with van der Waals surface area (Å²) in [5.74, 6) is 3.23. The third kappa shape index (κ3) is 8.30. The van der Waals surface area contributed by atoms with Gasteiger partial charge < -0.3 is 29.1 Å². The quantitative estimate of drug-likeness (QED) is 0.154. The molecule has 0 spiro atoms. The van der Waals surface area contributed by atoms with E-state index in [0.717, 1.165) is 68.2 Å². The Hall–Kier alpha value is -9.89. The highest BCUT2D eigenvalue weighted by atomic mass is 32.2. The van der Waals surface area contributed by atoms with Gasteiger partial charge in [-0.2, -0.15) is 0 Å². The Bertz CT molecular complexity index is 5590. The normalized spacial score (nSPS) is 14.5. The molecule has 0 radical (unpaired) electrons. The molecule has 0 amide bonds. The topological polar surface area (TPSA) is 31.4 Å². The van der Waals surface area contributed by atoms with Crippen LogP contribution in [0.15, 0.2) is 350 Å². The van der Waals surface area contributed by atoms with Gasteiger partial charge in [-0.25, -0.2) is 0 Å². The number of ether oxygens (including phenoxy) is 2. The number of anilines is 12. The largest absolute Gasteiger partial charge is 0.453 e. The average molecular weight is 1360 g/mol. The molecule has 8 aliphatic heterocycles. The van der Waals surface area contributed by atoms with Gasteiger partial charge in [-0.15, -0.1) is 0 Å². The Morgan fingerprint density at radius 3 is 0.898 bits per heavy atom. The number of rotatable bonds is 5. The highest BCUT2D eigenvalue weighted by molar-refractivity contribution is 8.02. The van der Waals surface area contributed by atoms with Crippen LogP contribution in [0.3, 0.4) is 0 Å². The Labute approximate surface area is 593 Å². The number of hydrogen-bond acceptors (Lipinski definition) is 12. The van der Waals surface area contributed by atoms with E-state index >= 15 is 0 Å². The van der Waals surface area contributed by atoms with Gasteiger partial charge in [0.15, 0.2) is 23.0 Å². The van der Waals surface area contributed by atoms with E-state index in [1.165, 1.54) is 126 Å². The predicted octanol–water partition coefficient (Wildman–Crippen LogP) is 21.3. The van der Waals surface area contributed by atoms with Crippen LogP contribution in [0.25, 0.3) is 11.1 Å². The highest BCUT2D eigenvalue weighted by Gasteiger charge is 2.47. The molecular weight excluding hydrogens is 1310 g/mol. The summed E-state index contributed by atoms with van der Waals surface area (Å²) in [5.41, 5.74) is 23.4. The van der Waals surface area contributed by atoms with Crippen LogP contribution in [0.4, 0.5) is 68.2 Å². The molecule has 8 aliphatic rings. The summed E-state index contributed by atoms with van der Waals surface area (Å²) in [4.78, 5) is 25.1. The molecule has 0 N–H and O–H groups in total. The fraction of sp³-hybridized carbons (Fsp3) is 0. The lowest BCUT2D eigenvalue weighted by molar-refractivity contribution is 0.477. The molecule has 0 aliphatic carbocycles. The predicted molar refractivity (Wildman–Crippen MR) is 411 cm³/mol. The molecule has 0 unspecified atom stereocenters. The number of fused-ring (bicyclic) bond motifs is 16. The molecule has 0 aromatic heterocycles. The monoisotopic (exact) mass is 1360 g/mol. The lowest BCUT2D eigenvalue weighted by atomic mass is 9.36. The zero-order chi connectivity index (χ0) is 63.8. The maximum Gasteiger partial charge on any atom is 0.247 e. The number of benzene rings is 14. The van der Waals surface area contributed by atoms with Gasteiger partial charge in [0.25, 0.3) is 0 Å². The third-order valence-electron chi connectivity index (χ3n) is 20.0. The van der Waals surface area contributed by atoms with E-state index in [0.29, 0.717) is 0 Å².